The van der Waals surface area contributed by atoms with Gasteiger partial charge in [0.25, 0.3) is 0 Å². The molecule has 0 radical (unpaired) electrons. The van der Waals surface area contributed by atoms with E-state index in [-0.39, 0.29) is 21.7 Å². The molecule has 31 heavy (non-hydrogen) atoms. The smallest absolute Gasteiger partial charge is 0.234 e. The number of halogens is 1. The van der Waals surface area contributed by atoms with Crippen LogP contribution < -0.4 is 5.32 Å². The Morgan fingerprint density at radius 2 is 1.68 bits per heavy atom. The third-order valence-electron chi connectivity index (χ3n) is 4.85. The first kappa shape index (κ1) is 21.2. The number of aryl methyl sites for hydroxylation is 2. The molecule has 0 aliphatic heterocycles. The molecule has 3 aromatic carbocycles. The largest absolute Gasteiger partial charge is 0.419 e. The fourth-order valence-corrected chi connectivity index (χ4v) is 4.72. The van der Waals surface area contributed by atoms with E-state index in [2.05, 4.69) is 10.3 Å². The molecular formula is C24H21ClN2O3S. The van der Waals surface area contributed by atoms with E-state index in [0.29, 0.717) is 17.1 Å². The van der Waals surface area contributed by atoms with Crippen LogP contribution in [0.25, 0.3) is 11.5 Å². The summed E-state index contributed by atoms with van der Waals surface area (Å²) in [5, 5.41) is 3.50. The highest BCUT2D eigenvalue weighted by atomic mass is 35.5. The summed E-state index contributed by atoms with van der Waals surface area (Å²) in [6, 6.07) is 21.6. The second-order valence-electron chi connectivity index (χ2n) is 7.28. The van der Waals surface area contributed by atoms with E-state index in [4.69, 9.17) is 16.0 Å². The Balaban J connectivity index is 1.78. The standard InChI is InChI=1S/C24H21ClN2O3S/c1-16-10-12-18(13-11-16)22-27-24(31(28,29)20-8-5-6-17(2)14-20)23(30-22)26-15-19-7-3-4-9-21(19)25/h3-14,26H,15H2,1-2H3. The quantitative estimate of drug-likeness (QED) is 0.385. The van der Waals surface area contributed by atoms with Gasteiger partial charge in [0.05, 0.1) is 4.90 Å². The maximum absolute atomic E-state index is 13.4. The van der Waals surface area contributed by atoms with Gasteiger partial charge in [0.2, 0.25) is 26.6 Å². The average Bonchev–Trinajstić information content (AvgIpc) is 3.19. The zero-order valence-corrected chi connectivity index (χ0v) is 18.7. The molecule has 0 spiro atoms. The fourth-order valence-electron chi connectivity index (χ4n) is 3.13. The monoisotopic (exact) mass is 452 g/mol. The van der Waals surface area contributed by atoms with Crippen molar-refractivity contribution in [1.82, 2.24) is 4.98 Å². The summed E-state index contributed by atoms with van der Waals surface area (Å²) in [6.45, 7) is 4.11. The molecule has 0 fully saturated rings. The molecular weight excluding hydrogens is 432 g/mol. The van der Waals surface area contributed by atoms with Crippen LogP contribution in [0, 0.1) is 13.8 Å². The normalized spacial score (nSPS) is 11.5. The first-order chi connectivity index (χ1) is 14.8. The maximum atomic E-state index is 13.4. The molecule has 158 valence electrons. The van der Waals surface area contributed by atoms with Gasteiger partial charge < -0.3 is 9.73 Å². The Kier molecular flexibility index (Phi) is 5.85. The molecule has 1 N–H and O–H groups in total. The van der Waals surface area contributed by atoms with Crippen molar-refractivity contribution in [3.8, 4) is 11.5 Å². The lowest BCUT2D eigenvalue weighted by Crippen LogP contribution is -2.08. The molecule has 1 heterocycles. The number of rotatable bonds is 6. The van der Waals surface area contributed by atoms with Crippen molar-refractivity contribution in [1.29, 1.82) is 0 Å². The molecule has 7 heteroatoms. The van der Waals surface area contributed by atoms with Crippen LogP contribution in [0.1, 0.15) is 16.7 Å². The number of oxazole rings is 1. The molecule has 0 amide bonds. The van der Waals surface area contributed by atoms with Crippen LogP contribution in [0.2, 0.25) is 5.02 Å². The number of nitrogens with zero attached hydrogens (tertiary/aromatic N) is 1. The van der Waals surface area contributed by atoms with Crippen LogP contribution in [-0.4, -0.2) is 13.4 Å². The van der Waals surface area contributed by atoms with E-state index >= 15 is 0 Å². The first-order valence-electron chi connectivity index (χ1n) is 9.71. The number of aromatic nitrogens is 1. The van der Waals surface area contributed by atoms with Crippen LogP contribution in [0.15, 0.2) is 87.1 Å². The second kappa shape index (κ2) is 8.57. The number of hydrogen-bond acceptors (Lipinski definition) is 5. The van der Waals surface area contributed by atoms with Crippen molar-refractivity contribution in [3.05, 3.63) is 94.5 Å². The highest BCUT2D eigenvalue weighted by molar-refractivity contribution is 7.91. The van der Waals surface area contributed by atoms with Crippen molar-refractivity contribution in [2.24, 2.45) is 0 Å². The zero-order valence-electron chi connectivity index (χ0n) is 17.1. The number of hydrogen-bond donors (Lipinski definition) is 1. The van der Waals surface area contributed by atoms with Gasteiger partial charge in [-0.05, 0) is 55.3 Å². The number of anilines is 1. The van der Waals surface area contributed by atoms with Crippen molar-refractivity contribution in [2.75, 3.05) is 5.32 Å². The van der Waals surface area contributed by atoms with E-state index in [1.807, 2.05) is 62.4 Å². The van der Waals surface area contributed by atoms with E-state index in [0.717, 1.165) is 16.7 Å². The molecule has 0 atom stereocenters. The lowest BCUT2D eigenvalue weighted by atomic mass is 10.1. The molecule has 0 saturated carbocycles. The van der Waals surface area contributed by atoms with E-state index in [9.17, 15) is 8.42 Å². The minimum absolute atomic E-state index is 0.0806. The van der Waals surface area contributed by atoms with Crippen molar-refractivity contribution in [2.45, 2.75) is 30.3 Å². The number of nitrogens with one attached hydrogen (secondary N) is 1. The van der Waals surface area contributed by atoms with Gasteiger partial charge in [-0.1, -0.05) is 59.6 Å². The third kappa shape index (κ3) is 4.50. The molecule has 0 bridgehead atoms. The minimum atomic E-state index is -3.90. The molecule has 0 saturated heterocycles. The maximum Gasteiger partial charge on any atom is 0.234 e. The lowest BCUT2D eigenvalue weighted by molar-refractivity contribution is 0.576. The molecule has 4 aromatic rings. The Labute approximate surface area is 186 Å². The van der Waals surface area contributed by atoms with Gasteiger partial charge in [0.1, 0.15) is 0 Å². The zero-order chi connectivity index (χ0) is 22.0. The van der Waals surface area contributed by atoms with Crippen LogP contribution in [0.3, 0.4) is 0 Å². The minimum Gasteiger partial charge on any atom is -0.419 e. The Morgan fingerprint density at radius 3 is 2.39 bits per heavy atom. The molecule has 5 nitrogen and oxygen atoms in total. The first-order valence-corrected chi connectivity index (χ1v) is 11.6. The summed E-state index contributed by atoms with van der Waals surface area (Å²) in [5.41, 5.74) is 3.43. The van der Waals surface area contributed by atoms with E-state index in [1.54, 1.807) is 24.3 Å². The molecule has 1 aromatic heterocycles. The molecule has 0 aliphatic carbocycles. The van der Waals surface area contributed by atoms with Gasteiger partial charge in [-0.3, -0.25) is 0 Å². The van der Waals surface area contributed by atoms with Gasteiger partial charge in [0, 0.05) is 17.1 Å². The van der Waals surface area contributed by atoms with Crippen molar-refractivity contribution >= 4 is 27.3 Å². The van der Waals surface area contributed by atoms with Gasteiger partial charge in [0.15, 0.2) is 0 Å². The highest BCUT2D eigenvalue weighted by Crippen LogP contribution is 2.33. The van der Waals surface area contributed by atoms with Crippen molar-refractivity contribution < 1.29 is 12.8 Å². The fraction of sp³-hybridized carbons (Fsp3) is 0.125. The SMILES string of the molecule is Cc1ccc(-c2nc(S(=O)(=O)c3cccc(C)c3)c(NCc3ccccc3Cl)o2)cc1. The molecule has 0 unspecified atom stereocenters. The summed E-state index contributed by atoms with van der Waals surface area (Å²) in [4.78, 5) is 4.54. The van der Waals surface area contributed by atoms with E-state index < -0.39 is 9.84 Å². The van der Waals surface area contributed by atoms with Crippen LogP contribution >= 0.6 is 11.6 Å². The third-order valence-corrected chi connectivity index (χ3v) is 6.88. The number of sulfone groups is 1. The summed E-state index contributed by atoms with van der Waals surface area (Å²) in [5.74, 6) is 0.310. The Bertz CT molecular complexity index is 1330. The summed E-state index contributed by atoms with van der Waals surface area (Å²) < 4.78 is 32.7. The topological polar surface area (TPSA) is 72.2 Å². The van der Waals surface area contributed by atoms with Crippen LogP contribution in [-0.2, 0) is 16.4 Å². The molecule has 4 rings (SSSR count). The predicted molar refractivity (Wildman–Crippen MR) is 122 cm³/mol. The average molecular weight is 453 g/mol. The predicted octanol–water partition coefficient (Wildman–Crippen LogP) is 6.06. The van der Waals surface area contributed by atoms with Gasteiger partial charge in [-0.2, -0.15) is 4.98 Å². The van der Waals surface area contributed by atoms with Gasteiger partial charge in [-0.15, -0.1) is 0 Å². The number of benzene rings is 3. The van der Waals surface area contributed by atoms with E-state index in [1.165, 1.54) is 0 Å². The summed E-state index contributed by atoms with van der Waals surface area (Å²) in [7, 11) is -3.90. The lowest BCUT2D eigenvalue weighted by Gasteiger charge is -2.08. The van der Waals surface area contributed by atoms with Crippen LogP contribution in [0.4, 0.5) is 5.88 Å². The summed E-state index contributed by atoms with van der Waals surface area (Å²) >= 11 is 6.24. The van der Waals surface area contributed by atoms with Gasteiger partial charge >= 0.3 is 0 Å². The second-order valence-corrected chi connectivity index (χ2v) is 9.56. The summed E-state index contributed by atoms with van der Waals surface area (Å²) in [6.07, 6.45) is 0. The van der Waals surface area contributed by atoms with Gasteiger partial charge in [-0.25, -0.2) is 8.42 Å². The van der Waals surface area contributed by atoms with Crippen LogP contribution in [0.5, 0.6) is 0 Å². The highest BCUT2D eigenvalue weighted by Gasteiger charge is 2.28. The Morgan fingerprint density at radius 1 is 0.935 bits per heavy atom. The Hall–Kier alpha value is -3.09. The van der Waals surface area contributed by atoms with Crippen molar-refractivity contribution in [3.63, 3.8) is 0 Å². The molecule has 0 aliphatic rings.